The molecule has 0 radical (unpaired) electrons. The van der Waals surface area contributed by atoms with E-state index in [9.17, 15) is 9.90 Å². The smallest absolute Gasteiger partial charge is 0.242 e. The van der Waals surface area contributed by atoms with Gasteiger partial charge >= 0.3 is 0 Å². The molecule has 0 aromatic carbocycles. The summed E-state index contributed by atoms with van der Waals surface area (Å²) in [6.45, 7) is 2.33. The number of aliphatic hydroxyl groups excluding tert-OH is 1. The van der Waals surface area contributed by atoms with Gasteiger partial charge in [-0.15, -0.1) is 0 Å². The second-order valence-corrected chi connectivity index (χ2v) is 6.05. The van der Waals surface area contributed by atoms with E-state index in [4.69, 9.17) is 0 Å². The fraction of sp³-hybridized carbons (Fsp3) is 0.800. The number of rotatable bonds is 2. The van der Waals surface area contributed by atoms with Gasteiger partial charge in [-0.2, -0.15) is 0 Å². The third-order valence-corrected chi connectivity index (χ3v) is 4.82. The van der Waals surface area contributed by atoms with Crippen molar-refractivity contribution in [3.05, 3.63) is 12.2 Å². The van der Waals surface area contributed by atoms with Crippen LogP contribution < -0.4 is 0 Å². The molecular weight excluding hydrogens is 240 g/mol. The maximum Gasteiger partial charge on any atom is 0.242 e. The van der Waals surface area contributed by atoms with Gasteiger partial charge in [0, 0.05) is 25.7 Å². The number of nitrogens with zero attached hydrogens (tertiary/aromatic N) is 2. The number of hydrogen-bond donors (Lipinski definition) is 1. The first-order valence-corrected chi connectivity index (χ1v) is 7.65. The van der Waals surface area contributed by atoms with Crippen molar-refractivity contribution >= 4 is 5.91 Å². The van der Waals surface area contributed by atoms with Crippen molar-refractivity contribution in [1.29, 1.82) is 0 Å². The summed E-state index contributed by atoms with van der Waals surface area (Å²) in [7, 11) is 0. The van der Waals surface area contributed by atoms with Crippen molar-refractivity contribution in [2.45, 2.75) is 56.7 Å². The number of carbonyl (C=O) groups is 1. The first-order valence-electron chi connectivity index (χ1n) is 7.65. The Hall–Kier alpha value is -0.870. The lowest BCUT2D eigenvalue weighted by Gasteiger charge is -2.44. The van der Waals surface area contributed by atoms with Crippen LogP contribution in [0.2, 0.25) is 0 Å². The summed E-state index contributed by atoms with van der Waals surface area (Å²) in [4.78, 5) is 16.9. The molecule has 4 nitrogen and oxygen atoms in total. The van der Waals surface area contributed by atoms with Crippen LogP contribution in [0, 0.1) is 0 Å². The molecule has 2 fully saturated rings. The fourth-order valence-electron chi connectivity index (χ4n) is 3.75. The van der Waals surface area contributed by atoms with Gasteiger partial charge < -0.3 is 10.0 Å². The van der Waals surface area contributed by atoms with Crippen molar-refractivity contribution < 1.29 is 9.90 Å². The van der Waals surface area contributed by atoms with Crippen LogP contribution in [0.4, 0.5) is 0 Å². The normalized spacial score (nSPS) is 34.2. The predicted molar refractivity (Wildman–Crippen MR) is 73.7 cm³/mol. The van der Waals surface area contributed by atoms with Gasteiger partial charge in [0.25, 0.3) is 0 Å². The minimum atomic E-state index is -0.493. The third-order valence-electron chi connectivity index (χ3n) is 4.82. The number of aliphatic hydroxyl groups is 1. The summed E-state index contributed by atoms with van der Waals surface area (Å²) < 4.78 is 0. The van der Waals surface area contributed by atoms with Gasteiger partial charge in [0.2, 0.25) is 5.91 Å². The van der Waals surface area contributed by atoms with Crippen LogP contribution in [0.1, 0.15) is 38.5 Å². The van der Waals surface area contributed by atoms with Crippen LogP contribution in [-0.4, -0.2) is 58.6 Å². The molecule has 1 saturated carbocycles. The topological polar surface area (TPSA) is 43.8 Å². The van der Waals surface area contributed by atoms with E-state index < -0.39 is 6.10 Å². The lowest BCUT2D eigenvalue weighted by Crippen LogP contribution is -2.60. The molecule has 0 spiro atoms. The van der Waals surface area contributed by atoms with Crippen LogP contribution in [0.25, 0.3) is 0 Å². The highest BCUT2D eigenvalue weighted by Crippen LogP contribution is 2.28. The Bertz CT molecular complexity index is 355. The molecule has 19 heavy (non-hydrogen) atoms. The Labute approximate surface area is 115 Å². The summed E-state index contributed by atoms with van der Waals surface area (Å²) in [6.07, 6.45) is 10.5. The Balaban J connectivity index is 1.71. The van der Waals surface area contributed by atoms with Gasteiger partial charge in [-0.1, -0.05) is 31.4 Å². The number of hydrogen-bond acceptors (Lipinski definition) is 3. The van der Waals surface area contributed by atoms with E-state index in [-0.39, 0.29) is 11.9 Å². The fourth-order valence-corrected chi connectivity index (χ4v) is 3.75. The van der Waals surface area contributed by atoms with E-state index in [0.717, 1.165) is 38.9 Å². The van der Waals surface area contributed by atoms with E-state index in [1.54, 1.807) is 0 Å². The summed E-state index contributed by atoms with van der Waals surface area (Å²) >= 11 is 0. The molecule has 106 valence electrons. The molecule has 0 aromatic rings. The molecule has 2 atom stereocenters. The molecule has 3 aliphatic rings. The summed E-state index contributed by atoms with van der Waals surface area (Å²) in [5.74, 6) is 0.161. The van der Waals surface area contributed by atoms with Gasteiger partial charge in [-0.3, -0.25) is 9.69 Å². The Kier molecular flexibility index (Phi) is 3.89. The lowest BCUT2D eigenvalue weighted by molar-refractivity contribution is -0.150. The molecule has 4 heteroatoms. The Morgan fingerprint density at radius 1 is 1.05 bits per heavy atom. The second-order valence-electron chi connectivity index (χ2n) is 6.05. The highest BCUT2D eigenvalue weighted by atomic mass is 16.3. The van der Waals surface area contributed by atoms with Crippen LogP contribution in [0.3, 0.4) is 0 Å². The first kappa shape index (κ1) is 13.1. The van der Waals surface area contributed by atoms with Crippen molar-refractivity contribution in [1.82, 2.24) is 9.80 Å². The van der Waals surface area contributed by atoms with E-state index in [0.29, 0.717) is 6.04 Å². The van der Waals surface area contributed by atoms with Gasteiger partial charge in [-0.25, -0.2) is 0 Å². The molecule has 0 bridgehead atoms. The molecule has 2 aliphatic heterocycles. The molecule has 2 heterocycles. The molecule has 1 aliphatic carbocycles. The van der Waals surface area contributed by atoms with Crippen molar-refractivity contribution in [2.24, 2.45) is 0 Å². The number of amides is 1. The van der Waals surface area contributed by atoms with E-state index >= 15 is 0 Å². The summed E-state index contributed by atoms with van der Waals surface area (Å²) in [5.41, 5.74) is 0. The molecule has 1 amide bonds. The van der Waals surface area contributed by atoms with Crippen molar-refractivity contribution in [3.8, 4) is 0 Å². The van der Waals surface area contributed by atoms with Gasteiger partial charge in [-0.05, 0) is 19.3 Å². The van der Waals surface area contributed by atoms with Crippen molar-refractivity contribution in [3.63, 3.8) is 0 Å². The minimum absolute atomic E-state index is 0.161. The van der Waals surface area contributed by atoms with Crippen molar-refractivity contribution in [2.75, 3.05) is 19.6 Å². The van der Waals surface area contributed by atoms with E-state index in [2.05, 4.69) is 22.0 Å². The standard InChI is InChI=1S/C15H24N2O2/c18-13-8-11-17(12-6-2-1-3-7-12)15(19)14(13)16-9-4-5-10-16/h4-5,12-14,18H,1-3,6-11H2. The highest BCUT2D eigenvalue weighted by molar-refractivity contribution is 5.84. The molecule has 1 saturated heterocycles. The average Bonchev–Trinajstić information content (AvgIpc) is 2.94. The predicted octanol–water partition coefficient (Wildman–Crippen LogP) is 1.15. The summed E-state index contributed by atoms with van der Waals surface area (Å²) in [5, 5.41) is 10.2. The average molecular weight is 264 g/mol. The Morgan fingerprint density at radius 2 is 1.74 bits per heavy atom. The third kappa shape index (κ3) is 2.56. The molecular formula is C15H24N2O2. The largest absolute Gasteiger partial charge is 0.391 e. The maximum atomic E-state index is 12.7. The minimum Gasteiger partial charge on any atom is -0.391 e. The zero-order valence-electron chi connectivity index (χ0n) is 11.5. The molecule has 3 rings (SSSR count). The van der Waals surface area contributed by atoms with Crippen LogP contribution in [0.5, 0.6) is 0 Å². The maximum absolute atomic E-state index is 12.7. The van der Waals surface area contributed by atoms with E-state index in [1.807, 2.05) is 0 Å². The second kappa shape index (κ2) is 5.63. The molecule has 2 unspecified atom stereocenters. The SMILES string of the molecule is O=C1C(N2CC=CC2)C(O)CCN1C1CCCCC1. The van der Waals surface area contributed by atoms with E-state index in [1.165, 1.54) is 19.3 Å². The van der Waals surface area contributed by atoms with Crippen LogP contribution >= 0.6 is 0 Å². The van der Waals surface area contributed by atoms with Gasteiger partial charge in [0.1, 0.15) is 6.04 Å². The highest BCUT2D eigenvalue weighted by Gasteiger charge is 2.41. The monoisotopic (exact) mass is 264 g/mol. The first-order chi connectivity index (χ1) is 9.27. The van der Waals surface area contributed by atoms with Gasteiger partial charge in [0.15, 0.2) is 0 Å². The number of piperidine rings is 1. The summed E-state index contributed by atoms with van der Waals surface area (Å²) in [6, 6.07) is 0.109. The quantitative estimate of drug-likeness (QED) is 0.761. The zero-order valence-corrected chi connectivity index (χ0v) is 11.5. The zero-order chi connectivity index (χ0) is 13.2. The van der Waals surface area contributed by atoms with Crippen LogP contribution in [-0.2, 0) is 4.79 Å². The number of likely N-dealkylation sites (tertiary alicyclic amines) is 1. The molecule has 1 N–H and O–H groups in total. The lowest BCUT2D eigenvalue weighted by atomic mass is 9.90. The number of carbonyl (C=O) groups excluding carboxylic acids is 1. The van der Waals surface area contributed by atoms with Crippen LogP contribution in [0.15, 0.2) is 12.2 Å². The van der Waals surface area contributed by atoms with Gasteiger partial charge in [0.05, 0.1) is 6.10 Å². The molecule has 0 aromatic heterocycles. The Morgan fingerprint density at radius 3 is 2.42 bits per heavy atom.